The predicted molar refractivity (Wildman–Crippen MR) is 115 cm³/mol. The molecule has 152 valence electrons. The molecule has 2 atom stereocenters. The molecule has 29 heavy (non-hydrogen) atoms. The van der Waals surface area contributed by atoms with E-state index < -0.39 is 9.84 Å². The van der Waals surface area contributed by atoms with Crippen LogP contribution >= 0.6 is 11.8 Å². The third kappa shape index (κ3) is 4.82. The van der Waals surface area contributed by atoms with Crippen LogP contribution < -0.4 is 4.74 Å². The summed E-state index contributed by atoms with van der Waals surface area (Å²) in [7, 11) is -3.06. The molecule has 2 aromatic carbocycles. The smallest absolute Gasteiger partial charge is 0.285 e. The SMILES string of the molecule is Cc1ccc(CN2C(=NC(=O)COc3ccccc3)S[C@@H]3CS(=O)(=O)C[C@H]32)cc1. The highest BCUT2D eigenvalue weighted by Crippen LogP contribution is 2.39. The van der Waals surface area contributed by atoms with Crippen LogP contribution in [0.2, 0.25) is 0 Å². The van der Waals surface area contributed by atoms with Crippen molar-refractivity contribution in [3.63, 3.8) is 0 Å². The third-order valence-electron chi connectivity index (χ3n) is 4.97. The summed E-state index contributed by atoms with van der Waals surface area (Å²) in [6, 6.07) is 17.0. The van der Waals surface area contributed by atoms with Gasteiger partial charge in [-0.3, -0.25) is 4.79 Å². The first kappa shape index (κ1) is 20.0. The summed E-state index contributed by atoms with van der Waals surface area (Å²) >= 11 is 1.38. The number of benzene rings is 2. The Balaban J connectivity index is 1.51. The van der Waals surface area contributed by atoms with Crippen molar-refractivity contribution in [2.75, 3.05) is 18.1 Å². The Morgan fingerprint density at radius 1 is 1.14 bits per heavy atom. The van der Waals surface area contributed by atoms with Gasteiger partial charge in [-0.25, -0.2) is 8.42 Å². The first-order valence-corrected chi connectivity index (χ1v) is 12.1. The van der Waals surface area contributed by atoms with Crippen molar-refractivity contribution in [1.82, 2.24) is 4.90 Å². The van der Waals surface area contributed by atoms with E-state index in [1.165, 1.54) is 11.8 Å². The molecule has 2 saturated heterocycles. The van der Waals surface area contributed by atoms with Gasteiger partial charge in [0.25, 0.3) is 5.91 Å². The highest BCUT2D eigenvalue weighted by atomic mass is 32.2. The van der Waals surface area contributed by atoms with Crippen LogP contribution in [0.25, 0.3) is 0 Å². The number of hydrogen-bond acceptors (Lipinski definition) is 5. The van der Waals surface area contributed by atoms with Gasteiger partial charge in [-0.15, -0.1) is 0 Å². The molecule has 0 aliphatic carbocycles. The zero-order chi connectivity index (χ0) is 20.4. The van der Waals surface area contributed by atoms with Crippen molar-refractivity contribution < 1.29 is 17.9 Å². The Hall–Kier alpha value is -2.32. The molecular formula is C21H22N2O4S2. The fraction of sp³-hybridized carbons (Fsp3) is 0.333. The Morgan fingerprint density at radius 2 is 1.86 bits per heavy atom. The van der Waals surface area contributed by atoms with Gasteiger partial charge in [0, 0.05) is 11.8 Å². The van der Waals surface area contributed by atoms with Crippen LogP contribution in [0.5, 0.6) is 5.75 Å². The Kier molecular flexibility index (Phi) is 5.65. The van der Waals surface area contributed by atoms with E-state index in [4.69, 9.17) is 4.74 Å². The van der Waals surface area contributed by atoms with E-state index in [0.717, 1.165) is 11.1 Å². The van der Waals surface area contributed by atoms with Gasteiger partial charge in [-0.05, 0) is 24.6 Å². The lowest BCUT2D eigenvalue weighted by molar-refractivity contribution is -0.119. The van der Waals surface area contributed by atoms with E-state index in [1.54, 1.807) is 12.1 Å². The Bertz CT molecular complexity index is 1020. The molecule has 0 radical (unpaired) electrons. The zero-order valence-electron chi connectivity index (χ0n) is 16.0. The molecule has 0 bridgehead atoms. The van der Waals surface area contributed by atoms with Crippen LogP contribution in [0.4, 0.5) is 0 Å². The van der Waals surface area contributed by atoms with E-state index in [9.17, 15) is 13.2 Å². The maximum absolute atomic E-state index is 12.4. The van der Waals surface area contributed by atoms with Gasteiger partial charge in [0.15, 0.2) is 21.6 Å². The largest absolute Gasteiger partial charge is 0.484 e. The Morgan fingerprint density at radius 3 is 2.59 bits per heavy atom. The van der Waals surface area contributed by atoms with Crippen LogP contribution in [-0.4, -0.2) is 53.8 Å². The predicted octanol–water partition coefficient (Wildman–Crippen LogP) is 2.67. The van der Waals surface area contributed by atoms with Gasteiger partial charge in [0.05, 0.1) is 17.5 Å². The van der Waals surface area contributed by atoms with Crippen LogP contribution in [0, 0.1) is 6.92 Å². The summed E-state index contributed by atoms with van der Waals surface area (Å²) in [5.74, 6) is 0.456. The second-order valence-corrected chi connectivity index (χ2v) is 10.7. The van der Waals surface area contributed by atoms with Crippen molar-refractivity contribution in [3.8, 4) is 5.75 Å². The van der Waals surface area contributed by atoms with Gasteiger partial charge in [0.2, 0.25) is 0 Å². The van der Waals surface area contributed by atoms with E-state index in [-0.39, 0.29) is 35.3 Å². The lowest BCUT2D eigenvalue weighted by atomic mass is 10.1. The number of aryl methyl sites for hydroxylation is 1. The molecule has 0 aromatic heterocycles. The number of hydrogen-bond donors (Lipinski definition) is 0. The number of fused-ring (bicyclic) bond motifs is 1. The molecule has 0 spiro atoms. The number of carbonyl (C=O) groups is 1. The van der Waals surface area contributed by atoms with Crippen LogP contribution in [0.1, 0.15) is 11.1 Å². The number of amides is 1. The number of aliphatic imine (C=N–C) groups is 1. The lowest BCUT2D eigenvalue weighted by Gasteiger charge is -2.24. The van der Waals surface area contributed by atoms with Gasteiger partial charge in [0.1, 0.15) is 5.75 Å². The van der Waals surface area contributed by atoms with Crippen LogP contribution in [-0.2, 0) is 21.2 Å². The fourth-order valence-electron chi connectivity index (χ4n) is 3.51. The normalized spacial score (nSPS) is 23.9. The maximum atomic E-state index is 12.4. The number of nitrogens with zero attached hydrogens (tertiary/aromatic N) is 2. The summed E-state index contributed by atoms with van der Waals surface area (Å²) < 4.78 is 29.7. The molecular weight excluding hydrogens is 408 g/mol. The minimum Gasteiger partial charge on any atom is -0.484 e. The van der Waals surface area contributed by atoms with Gasteiger partial charge in [-0.1, -0.05) is 59.8 Å². The van der Waals surface area contributed by atoms with E-state index in [0.29, 0.717) is 17.5 Å². The number of sulfone groups is 1. The molecule has 2 heterocycles. The molecule has 2 aliphatic heterocycles. The average Bonchev–Trinajstić information content (AvgIpc) is 3.15. The number of ether oxygens (including phenoxy) is 1. The van der Waals surface area contributed by atoms with Gasteiger partial charge in [-0.2, -0.15) is 4.99 Å². The summed E-state index contributed by atoms with van der Waals surface area (Å²) in [6.45, 7) is 2.39. The molecule has 0 saturated carbocycles. The maximum Gasteiger partial charge on any atom is 0.285 e. The second-order valence-electron chi connectivity index (χ2n) is 7.30. The first-order valence-electron chi connectivity index (χ1n) is 9.38. The molecule has 0 unspecified atom stereocenters. The van der Waals surface area contributed by atoms with Crippen molar-refractivity contribution in [2.45, 2.75) is 24.8 Å². The summed E-state index contributed by atoms with van der Waals surface area (Å²) in [6.07, 6.45) is 0. The van der Waals surface area contributed by atoms with E-state index in [2.05, 4.69) is 4.99 Å². The number of amidine groups is 1. The fourth-order valence-corrected chi connectivity index (χ4v) is 7.48. The summed E-state index contributed by atoms with van der Waals surface area (Å²) in [5.41, 5.74) is 2.22. The average molecular weight is 431 g/mol. The van der Waals surface area contributed by atoms with E-state index in [1.807, 2.05) is 54.3 Å². The third-order valence-corrected chi connectivity index (χ3v) is 8.22. The van der Waals surface area contributed by atoms with Gasteiger partial charge < -0.3 is 9.64 Å². The van der Waals surface area contributed by atoms with Crippen LogP contribution in [0.3, 0.4) is 0 Å². The molecule has 1 amide bonds. The summed E-state index contributed by atoms with van der Waals surface area (Å²) in [5, 5.41) is 0.490. The molecule has 4 rings (SSSR count). The number of para-hydroxylation sites is 1. The highest BCUT2D eigenvalue weighted by molar-refractivity contribution is 8.15. The minimum atomic E-state index is -3.06. The highest BCUT2D eigenvalue weighted by Gasteiger charge is 2.48. The standard InChI is InChI=1S/C21H22N2O4S2/c1-15-7-9-16(10-8-15)11-23-18-13-29(25,26)14-19(18)28-21(23)22-20(24)12-27-17-5-3-2-4-6-17/h2-10,18-19H,11-14H2,1H3/t18-,19-/m1/s1. The second kappa shape index (κ2) is 8.20. The molecule has 2 aromatic rings. The topological polar surface area (TPSA) is 76.0 Å². The molecule has 0 N–H and O–H groups in total. The van der Waals surface area contributed by atoms with Gasteiger partial charge >= 0.3 is 0 Å². The lowest BCUT2D eigenvalue weighted by Crippen LogP contribution is -2.37. The van der Waals surface area contributed by atoms with Crippen molar-refractivity contribution in [1.29, 1.82) is 0 Å². The number of carbonyl (C=O) groups excluding carboxylic acids is 1. The molecule has 6 nitrogen and oxygen atoms in total. The quantitative estimate of drug-likeness (QED) is 0.726. The number of rotatable bonds is 5. The van der Waals surface area contributed by atoms with Crippen LogP contribution in [0.15, 0.2) is 59.6 Å². The first-order chi connectivity index (χ1) is 13.9. The number of thioether (sulfide) groups is 1. The molecule has 8 heteroatoms. The summed E-state index contributed by atoms with van der Waals surface area (Å²) in [4.78, 5) is 18.6. The zero-order valence-corrected chi connectivity index (χ0v) is 17.7. The van der Waals surface area contributed by atoms with Crippen molar-refractivity contribution in [2.24, 2.45) is 4.99 Å². The molecule has 2 aliphatic rings. The Labute approximate surface area is 174 Å². The molecule has 2 fully saturated rings. The van der Waals surface area contributed by atoms with Crippen molar-refractivity contribution >= 4 is 32.7 Å². The minimum absolute atomic E-state index is 0.0907. The monoisotopic (exact) mass is 430 g/mol. The van der Waals surface area contributed by atoms with E-state index >= 15 is 0 Å². The van der Waals surface area contributed by atoms with Crippen molar-refractivity contribution in [3.05, 3.63) is 65.7 Å².